The van der Waals surface area contributed by atoms with Crippen molar-refractivity contribution >= 4 is 0 Å². The van der Waals surface area contributed by atoms with Gasteiger partial charge in [-0.2, -0.15) is 4.98 Å². The minimum Gasteiger partial charge on any atom is -0.271 e. The number of hydrogen-bond donors (Lipinski definition) is 0. The van der Waals surface area contributed by atoms with Crippen LogP contribution in [0, 0.1) is 6.92 Å². The second kappa shape index (κ2) is 1.72. The first-order chi connectivity index (χ1) is 4.13. The van der Waals surface area contributed by atoms with E-state index in [1.54, 1.807) is 25.7 Å². The Balaban J connectivity index is 3.47. The summed E-state index contributed by atoms with van der Waals surface area (Å²) in [6, 6.07) is 0. The van der Waals surface area contributed by atoms with E-state index >= 15 is 0 Å². The van der Waals surface area contributed by atoms with E-state index in [-0.39, 0.29) is 5.69 Å². The van der Waals surface area contributed by atoms with Gasteiger partial charge in [0.15, 0.2) is 0 Å². The van der Waals surface area contributed by atoms with Gasteiger partial charge in [-0.1, -0.05) is 0 Å². The Kier molecular flexibility index (Phi) is 1.16. The molecule has 0 aliphatic carbocycles. The van der Waals surface area contributed by atoms with Crippen molar-refractivity contribution in [1.29, 1.82) is 0 Å². The monoisotopic (exact) mass is 127 g/mol. The third-order valence-electron chi connectivity index (χ3n) is 1.45. The molecule has 0 saturated carbocycles. The second-order valence-corrected chi connectivity index (χ2v) is 1.99. The molecule has 4 heteroatoms. The number of aryl methyl sites for hydroxylation is 1. The maximum Gasteiger partial charge on any atom is 0.363 e. The molecule has 9 heavy (non-hydrogen) atoms. The molecule has 0 aliphatic rings. The van der Waals surface area contributed by atoms with Gasteiger partial charge in [-0.05, 0) is 6.92 Å². The molecule has 4 nitrogen and oxygen atoms in total. The predicted molar refractivity (Wildman–Crippen MR) is 33.2 cm³/mol. The normalized spacial score (nSPS) is 10.1. The standard InChI is InChI=1S/C5H9N3O/c1-4-6-5(9)8(3)7(4)2/h1-3H3. The zero-order chi connectivity index (χ0) is 7.02. The van der Waals surface area contributed by atoms with Crippen LogP contribution in [0.25, 0.3) is 0 Å². The Morgan fingerprint density at radius 1 is 1.33 bits per heavy atom. The van der Waals surface area contributed by atoms with Crippen LogP contribution in [0.15, 0.2) is 4.79 Å². The van der Waals surface area contributed by atoms with E-state index in [0.717, 1.165) is 5.82 Å². The van der Waals surface area contributed by atoms with Gasteiger partial charge >= 0.3 is 5.69 Å². The molecule has 0 atom stereocenters. The molecule has 1 rings (SSSR count). The van der Waals surface area contributed by atoms with E-state index in [2.05, 4.69) is 4.98 Å². The molecule has 0 fully saturated rings. The van der Waals surface area contributed by atoms with Crippen LogP contribution in [-0.2, 0) is 14.1 Å². The molecular weight excluding hydrogens is 118 g/mol. The van der Waals surface area contributed by atoms with Crippen molar-refractivity contribution in [2.75, 3.05) is 0 Å². The van der Waals surface area contributed by atoms with Crippen molar-refractivity contribution in [3.63, 3.8) is 0 Å². The molecule has 0 aliphatic heterocycles. The Hall–Kier alpha value is -1.06. The van der Waals surface area contributed by atoms with Crippen molar-refractivity contribution < 1.29 is 0 Å². The molecule has 1 heterocycles. The highest BCUT2D eigenvalue weighted by atomic mass is 16.2. The molecule has 0 aromatic carbocycles. The van der Waals surface area contributed by atoms with Crippen molar-refractivity contribution in [1.82, 2.24) is 14.3 Å². The van der Waals surface area contributed by atoms with Crippen LogP contribution in [0.4, 0.5) is 0 Å². The maximum atomic E-state index is 10.7. The van der Waals surface area contributed by atoms with E-state index < -0.39 is 0 Å². The van der Waals surface area contributed by atoms with Gasteiger partial charge in [0.05, 0.1) is 0 Å². The summed E-state index contributed by atoms with van der Waals surface area (Å²) in [5, 5.41) is 0. The van der Waals surface area contributed by atoms with E-state index in [1.807, 2.05) is 0 Å². The summed E-state index contributed by atoms with van der Waals surface area (Å²) >= 11 is 0. The van der Waals surface area contributed by atoms with Crippen molar-refractivity contribution in [2.45, 2.75) is 6.92 Å². The second-order valence-electron chi connectivity index (χ2n) is 1.99. The highest BCUT2D eigenvalue weighted by Gasteiger charge is 1.98. The van der Waals surface area contributed by atoms with Gasteiger partial charge < -0.3 is 0 Å². The van der Waals surface area contributed by atoms with Crippen molar-refractivity contribution in [3.05, 3.63) is 16.3 Å². The Morgan fingerprint density at radius 3 is 2.00 bits per heavy atom. The highest BCUT2D eigenvalue weighted by molar-refractivity contribution is 4.78. The lowest BCUT2D eigenvalue weighted by Gasteiger charge is -1.96. The molecule has 0 unspecified atom stereocenters. The van der Waals surface area contributed by atoms with E-state index in [1.165, 1.54) is 4.68 Å². The van der Waals surface area contributed by atoms with E-state index in [0.29, 0.717) is 0 Å². The van der Waals surface area contributed by atoms with E-state index in [9.17, 15) is 4.79 Å². The van der Waals surface area contributed by atoms with Crippen LogP contribution in [0.3, 0.4) is 0 Å². The minimum atomic E-state index is -0.199. The quantitative estimate of drug-likeness (QED) is 0.468. The van der Waals surface area contributed by atoms with Gasteiger partial charge in [0, 0.05) is 14.1 Å². The van der Waals surface area contributed by atoms with Crippen LogP contribution in [0.1, 0.15) is 5.82 Å². The average molecular weight is 127 g/mol. The van der Waals surface area contributed by atoms with Crippen molar-refractivity contribution in [3.8, 4) is 0 Å². The van der Waals surface area contributed by atoms with Gasteiger partial charge in [0.25, 0.3) is 0 Å². The average Bonchev–Trinajstić information content (AvgIpc) is 1.98. The Bertz CT molecular complexity index is 270. The lowest BCUT2D eigenvalue weighted by Crippen LogP contribution is -2.17. The number of hydrogen-bond acceptors (Lipinski definition) is 2. The summed E-state index contributed by atoms with van der Waals surface area (Å²) in [7, 11) is 3.48. The zero-order valence-corrected chi connectivity index (χ0v) is 5.75. The number of nitrogens with zero attached hydrogens (tertiary/aromatic N) is 3. The largest absolute Gasteiger partial charge is 0.363 e. The van der Waals surface area contributed by atoms with Crippen LogP contribution in [-0.4, -0.2) is 14.3 Å². The van der Waals surface area contributed by atoms with E-state index in [4.69, 9.17) is 0 Å². The number of aromatic nitrogens is 3. The smallest absolute Gasteiger partial charge is 0.271 e. The summed E-state index contributed by atoms with van der Waals surface area (Å²) < 4.78 is 3.15. The van der Waals surface area contributed by atoms with Crippen LogP contribution in [0.2, 0.25) is 0 Å². The first-order valence-electron chi connectivity index (χ1n) is 2.69. The van der Waals surface area contributed by atoms with Crippen molar-refractivity contribution in [2.24, 2.45) is 14.1 Å². The summed E-state index contributed by atoms with van der Waals surface area (Å²) in [4.78, 5) is 14.4. The van der Waals surface area contributed by atoms with Gasteiger partial charge in [0.1, 0.15) is 5.82 Å². The first-order valence-corrected chi connectivity index (χ1v) is 2.69. The lowest BCUT2D eigenvalue weighted by atomic mass is 10.7. The van der Waals surface area contributed by atoms with Gasteiger partial charge in [-0.25, -0.2) is 9.48 Å². The molecule has 0 amide bonds. The van der Waals surface area contributed by atoms with Crippen LogP contribution < -0.4 is 5.69 Å². The topological polar surface area (TPSA) is 39.8 Å². The molecule has 50 valence electrons. The highest BCUT2D eigenvalue weighted by Crippen LogP contribution is 1.82. The fourth-order valence-corrected chi connectivity index (χ4v) is 0.629. The first kappa shape index (κ1) is 6.07. The molecular formula is C5H9N3O. The van der Waals surface area contributed by atoms with Crippen LogP contribution >= 0.6 is 0 Å². The lowest BCUT2D eigenvalue weighted by molar-refractivity contribution is 0.567. The third-order valence-corrected chi connectivity index (χ3v) is 1.45. The molecule has 0 radical (unpaired) electrons. The predicted octanol–water partition coefficient (Wildman–Crippen LogP) is -0.573. The minimum absolute atomic E-state index is 0.199. The Labute approximate surface area is 52.7 Å². The van der Waals surface area contributed by atoms with Gasteiger partial charge in [-0.3, -0.25) is 4.68 Å². The summed E-state index contributed by atoms with van der Waals surface area (Å²) in [5.41, 5.74) is -0.199. The maximum absolute atomic E-state index is 10.7. The third kappa shape index (κ3) is 0.759. The fourth-order valence-electron chi connectivity index (χ4n) is 0.629. The molecule has 0 spiro atoms. The molecule has 0 bridgehead atoms. The summed E-state index contributed by atoms with van der Waals surface area (Å²) in [6.45, 7) is 1.79. The van der Waals surface area contributed by atoms with Crippen LogP contribution in [0.5, 0.6) is 0 Å². The number of rotatable bonds is 0. The molecule has 0 saturated heterocycles. The van der Waals surface area contributed by atoms with Gasteiger partial charge in [0.2, 0.25) is 0 Å². The molecule has 1 aromatic heterocycles. The Morgan fingerprint density at radius 2 is 1.89 bits per heavy atom. The SMILES string of the molecule is Cc1nc(=O)n(C)n1C. The zero-order valence-electron chi connectivity index (χ0n) is 5.75. The molecule has 0 N–H and O–H groups in total. The molecule has 1 aromatic rings. The van der Waals surface area contributed by atoms with Gasteiger partial charge in [-0.15, -0.1) is 0 Å². The fraction of sp³-hybridized carbons (Fsp3) is 0.600. The summed E-state index contributed by atoms with van der Waals surface area (Å²) in [6.07, 6.45) is 0. The summed E-state index contributed by atoms with van der Waals surface area (Å²) in [5.74, 6) is 0.738.